The SMILES string of the molecule is CN(Cc1ccc(-c2n[nH]c3c2sc2ccccc23)cc1)c1ccncc1. The van der Waals surface area contributed by atoms with Crippen molar-refractivity contribution in [3.63, 3.8) is 0 Å². The highest BCUT2D eigenvalue weighted by Gasteiger charge is 2.13. The van der Waals surface area contributed by atoms with Gasteiger partial charge < -0.3 is 4.90 Å². The summed E-state index contributed by atoms with van der Waals surface area (Å²) in [7, 11) is 2.09. The zero-order valence-corrected chi connectivity index (χ0v) is 15.7. The molecular weight excluding hydrogens is 352 g/mol. The quantitative estimate of drug-likeness (QED) is 0.456. The highest BCUT2D eigenvalue weighted by Crippen LogP contribution is 2.38. The van der Waals surface area contributed by atoms with E-state index < -0.39 is 0 Å². The van der Waals surface area contributed by atoms with E-state index in [1.165, 1.54) is 20.3 Å². The number of nitrogens with one attached hydrogen (secondary N) is 1. The van der Waals surface area contributed by atoms with Crippen LogP contribution in [0.15, 0.2) is 73.1 Å². The Kier molecular flexibility index (Phi) is 3.87. The molecule has 0 aliphatic heterocycles. The van der Waals surface area contributed by atoms with Gasteiger partial charge >= 0.3 is 0 Å². The first-order valence-electron chi connectivity index (χ1n) is 8.86. The molecule has 0 spiro atoms. The molecule has 2 aromatic carbocycles. The van der Waals surface area contributed by atoms with E-state index in [4.69, 9.17) is 0 Å². The molecule has 5 rings (SSSR count). The maximum atomic E-state index is 4.58. The van der Waals surface area contributed by atoms with E-state index in [2.05, 4.69) is 75.7 Å². The molecular formula is C22H18N4S. The molecule has 5 heteroatoms. The topological polar surface area (TPSA) is 44.8 Å². The lowest BCUT2D eigenvalue weighted by Gasteiger charge is -2.19. The second kappa shape index (κ2) is 6.52. The van der Waals surface area contributed by atoms with Gasteiger partial charge in [-0.1, -0.05) is 42.5 Å². The van der Waals surface area contributed by atoms with Gasteiger partial charge in [-0.3, -0.25) is 10.1 Å². The smallest absolute Gasteiger partial charge is 0.110 e. The number of thiophene rings is 1. The molecule has 1 N–H and O–H groups in total. The summed E-state index contributed by atoms with van der Waals surface area (Å²) >= 11 is 1.79. The van der Waals surface area contributed by atoms with E-state index in [0.29, 0.717) is 0 Å². The third-order valence-corrected chi connectivity index (χ3v) is 6.02. The first-order chi connectivity index (χ1) is 13.3. The minimum Gasteiger partial charge on any atom is -0.370 e. The third kappa shape index (κ3) is 2.86. The summed E-state index contributed by atoms with van der Waals surface area (Å²) < 4.78 is 2.51. The summed E-state index contributed by atoms with van der Waals surface area (Å²) in [6.45, 7) is 0.850. The molecule has 3 heterocycles. The van der Waals surface area contributed by atoms with Gasteiger partial charge in [-0.05, 0) is 23.8 Å². The maximum Gasteiger partial charge on any atom is 0.110 e. The fourth-order valence-corrected chi connectivity index (χ4v) is 4.58. The molecule has 0 unspecified atom stereocenters. The Balaban J connectivity index is 1.44. The van der Waals surface area contributed by atoms with Crippen LogP contribution in [-0.2, 0) is 6.54 Å². The standard InChI is InChI=1S/C22H18N4S/c1-26(17-10-12-23-13-11-17)14-15-6-8-16(9-7-15)20-22-21(25-24-20)18-4-2-3-5-19(18)27-22/h2-13H,14H2,1H3,(H,24,25). The monoisotopic (exact) mass is 370 g/mol. The predicted molar refractivity (Wildman–Crippen MR) is 113 cm³/mol. The van der Waals surface area contributed by atoms with E-state index in [1.807, 2.05) is 24.5 Å². The molecule has 0 fully saturated rings. The molecule has 0 radical (unpaired) electrons. The van der Waals surface area contributed by atoms with Crippen molar-refractivity contribution in [2.75, 3.05) is 11.9 Å². The Morgan fingerprint density at radius 1 is 0.963 bits per heavy atom. The minimum atomic E-state index is 0.850. The number of aromatic nitrogens is 3. The van der Waals surface area contributed by atoms with Gasteiger partial charge in [-0.15, -0.1) is 11.3 Å². The highest BCUT2D eigenvalue weighted by atomic mass is 32.1. The maximum absolute atomic E-state index is 4.58. The number of hydrogen-bond donors (Lipinski definition) is 1. The van der Waals surface area contributed by atoms with E-state index in [9.17, 15) is 0 Å². The Labute approximate surface area is 161 Å². The largest absolute Gasteiger partial charge is 0.370 e. The van der Waals surface area contributed by atoms with Gasteiger partial charge in [-0.2, -0.15) is 5.10 Å². The Bertz CT molecular complexity index is 1210. The van der Waals surface area contributed by atoms with E-state index in [-0.39, 0.29) is 0 Å². The number of rotatable bonds is 4. The molecule has 5 aromatic rings. The van der Waals surface area contributed by atoms with Crippen molar-refractivity contribution in [3.05, 3.63) is 78.6 Å². The van der Waals surface area contributed by atoms with Gasteiger partial charge in [0, 0.05) is 47.3 Å². The Morgan fingerprint density at radius 2 is 1.74 bits per heavy atom. The second-order valence-corrected chi connectivity index (χ2v) is 7.69. The van der Waals surface area contributed by atoms with Crippen LogP contribution in [0, 0.1) is 0 Å². The lowest BCUT2D eigenvalue weighted by Crippen LogP contribution is -2.16. The van der Waals surface area contributed by atoms with Crippen LogP contribution in [0.3, 0.4) is 0 Å². The molecule has 0 atom stereocenters. The number of nitrogens with zero attached hydrogens (tertiary/aromatic N) is 3. The minimum absolute atomic E-state index is 0.850. The average Bonchev–Trinajstić information content (AvgIpc) is 3.29. The van der Waals surface area contributed by atoms with Crippen molar-refractivity contribution < 1.29 is 0 Å². The predicted octanol–water partition coefficient (Wildman–Crippen LogP) is 5.48. The van der Waals surface area contributed by atoms with E-state index >= 15 is 0 Å². The fraction of sp³-hybridized carbons (Fsp3) is 0.0909. The summed E-state index contributed by atoms with van der Waals surface area (Å²) in [5.74, 6) is 0. The number of hydrogen-bond acceptors (Lipinski definition) is 4. The summed E-state index contributed by atoms with van der Waals surface area (Å²) in [5.41, 5.74) is 5.73. The summed E-state index contributed by atoms with van der Waals surface area (Å²) in [6.07, 6.45) is 3.64. The molecule has 0 amide bonds. The van der Waals surface area contributed by atoms with Crippen LogP contribution in [0.5, 0.6) is 0 Å². The highest BCUT2D eigenvalue weighted by molar-refractivity contribution is 7.26. The van der Waals surface area contributed by atoms with Gasteiger partial charge in [-0.25, -0.2) is 0 Å². The summed E-state index contributed by atoms with van der Waals surface area (Å²) in [6, 6.07) is 21.2. The second-order valence-electron chi connectivity index (χ2n) is 6.63. The first kappa shape index (κ1) is 16.0. The Hall–Kier alpha value is -3.18. The molecule has 4 nitrogen and oxygen atoms in total. The third-order valence-electron chi connectivity index (χ3n) is 4.84. The number of fused-ring (bicyclic) bond motifs is 3. The molecule has 0 aliphatic carbocycles. The van der Waals surface area contributed by atoms with Crippen molar-refractivity contribution >= 4 is 37.3 Å². The molecule has 0 saturated carbocycles. The van der Waals surface area contributed by atoms with E-state index in [0.717, 1.165) is 29.0 Å². The zero-order valence-electron chi connectivity index (χ0n) is 14.9. The lowest BCUT2D eigenvalue weighted by atomic mass is 10.1. The Morgan fingerprint density at radius 3 is 2.56 bits per heavy atom. The van der Waals surface area contributed by atoms with Crippen molar-refractivity contribution in [2.24, 2.45) is 0 Å². The number of aromatic amines is 1. The molecule has 0 bridgehead atoms. The van der Waals surface area contributed by atoms with E-state index in [1.54, 1.807) is 11.3 Å². The van der Waals surface area contributed by atoms with Crippen molar-refractivity contribution in [1.29, 1.82) is 0 Å². The van der Waals surface area contributed by atoms with Gasteiger partial charge in [0.25, 0.3) is 0 Å². The van der Waals surface area contributed by atoms with Crippen LogP contribution in [-0.4, -0.2) is 22.2 Å². The first-order valence-corrected chi connectivity index (χ1v) is 9.67. The summed E-state index contributed by atoms with van der Waals surface area (Å²) in [4.78, 5) is 6.30. The molecule has 0 aliphatic rings. The number of anilines is 1. The van der Waals surface area contributed by atoms with Gasteiger partial charge in [0.05, 0.1) is 10.2 Å². The number of H-pyrrole nitrogens is 1. The molecule has 132 valence electrons. The fourth-order valence-electron chi connectivity index (χ4n) is 3.41. The van der Waals surface area contributed by atoms with Crippen molar-refractivity contribution in [2.45, 2.75) is 6.54 Å². The van der Waals surface area contributed by atoms with Crippen LogP contribution in [0.1, 0.15) is 5.56 Å². The van der Waals surface area contributed by atoms with Gasteiger partial charge in [0.2, 0.25) is 0 Å². The van der Waals surface area contributed by atoms with Gasteiger partial charge in [0.1, 0.15) is 5.69 Å². The van der Waals surface area contributed by atoms with Crippen molar-refractivity contribution in [1.82, 2.24) is 15.2 Å². The number of pyridine rings is 1. The average molecular weight is 370 g/mol. The molecule has 3 aromatic heterocycles. The van der Waals surface area contributed by atoms with Crippen LogP contribution in [0.25, 0.3) is 31.6 Å². The lowest BCUT2D eigenvalue weighted by molar-refractivity contribution is 0.921. The van der Waals surface area contributed by atoms with Gasteiger partial charge in [0.15, 0.2) is 0 Å². The van der Waals surface area contributed by atoms with Crippen LogP contribution < -0.4 is 4.90 Å². The molecule has 0 saturated heterocycles. The molecule has 27 heavy (non-hydrogen) atoms. The van der Waals surface area contributed by atoms with Crippen LogP contribution >= 0.6 is 11.3 Å². The number of benzene rings is 2. The van der Waals surface area contributed by atoms with Crippen LogP contribution in [0.2, 0.25) is 0 Å². The van der Waals surface area contributed by atoms with Crippen molar-refractivity contribution in [3.8, 4) is 11.3 Å². The zero-order chi connectivity index (χ0) is 18.2. The normalized spacial score (nSPS) is 11.3. The summed E-state index contributed by atoms with van der Waals surface area (Å²) in [5, 5.41) is 9.05. The van der Waals surface area contributed by atoms with Crippen LogP contribution in [0.4, 0.5) is 5.69 Å².